The van der Waals surface area contributed by atoms with E-state index >= 15 is 0 Å². The highest BCUT2D eigenvalue weighted by molar-refractivity contribution is 5.23. The van der Waals surface area contributed by atoms with Crippen LogP contribution in [-0.2, 0) is 0 Å². The molecule has 1 fully saturated rings. The average molecular weight is 277 g/mol. The molecule has 1 N–H and O–H groups in total. The van der Waals surface area contributed by atoms with Crippen molar-refractivity contribution in [2.24, 2.45) is 11.3 Å². The maximum absolute atomic E-state index is 13.5. The Morgan fingerprint density at radius 3 is 2.75 bits per heavy atom. The Balaban J connectivity index is 2.17. The molecule has 2 heteroatoms. The smallest absolute Gasteiger partial charge is 0.123 e. The maximum Gasteiger partial charge on any atom is 0.123 e. The van der Waals surface area contributed by atoms with Crippen LogP contribution in [-0.4, -0.2) is 12.6 Å². The van der Waals surface area contributed by atoms with Crippen LogP contribution in [0.15, 0.2) is 24.3 Å². The molecule has 2 unspecified atom stereocenters. The molecule has 112 valence electrons. The molecule has 0 radical (unpaired) electrons. The van der Waals surface area contributed by atoms with Gasteiger partial charge in [-0.15, -0.1) is 0 Å². The Bertz CT molecular complexity index is 437. The first-order valence-electron chi connectivity index (χ1n) is 7.86. The van der Waals surface area contributed by atoms with Crippen molar-refractivity contribution in [2.45, 2.75) is 58.9 Å². The van der Waals surface area contributed by atoms with Gasteiger partial charge in [0, 0.05) is 6.04 Å². The molecule has 1 nitrogen and oxygen atoms in total. The monoisotopic (exact) mass is 277 g/mol. The van der Waals surface area contributed by atoms with Crippen molar-refractivity contribution >= 4 is 0 Å². The lowest BCUT2D eigenvalue weighted by Gasteiger charge is -2.41. The summed E-state index contributed by atoms with van der Waals surface area (Å²) in [4.78, 5) is 0. The first-order chi connectivity index (χ1) is 9.37. The van der Waals surface area contributed by atoms with Crippen LogP contribution < -0.4 is 5.32 Å². The van der Waals surface area contributed by atoms with E-state index in [-0.39, 0.29) is 5.82 Å². The fraction of sp³-hybridized carbons (Fsp3) is 0.667. The Morgan fingerprint density at radius 2 is 2.10 bits per heavy atom. The molecule has 0 bridgehead atoms. The summed E-state index contributed by atoms with van der Waals surface area (Å²) in [5.74, 6) is 0.981. The number of nitrogens with one attached hydrogen (secondary N) is 1. The molecule has 0 aliphatic heterocycles. The zero-order chi connectivity index (χ0) is 14.8. The van der Waals surface area contributed by atoms with Crippen molar-refractivity contribution in [3.63, 3.8) is 0 Å². The van der Waals surface area contributed by atoms with Crippen LogP contribution in [0.25, 0.3) is 0 Å². The summed E-state index contributed by atoms with van der Waals surface area (Å²) in [6.07, 6.45) is 3.65. The molecule has 2 rings (SSSR count). The van der Waals surface area contributed by atoms with Crippen LogP contribution in [0.2, 0.25) is 0 Å². The summed E-state index contributed by atoms with van der Waals surface area (Å²) in [5, 5.41) is 3.56. The molecule has 1 aromatic carbocycles. The average Bonchev–Trinajstić information content (AvgIpc) is 2.36. The summed E-state index contributed by atoms with van der Waals surface area (Å²) in [6.45, 7) is 10.1. The Morgan fingerprint density at radius 1 is 1.35 bits per heavy atom. The summed E-state index contributed by atoms with van der Waals surface area (Å²) < 4.78 is 13.5. The predicted molar refractivity (Wildman–Crippen MR) is 83.4 cm³/mol. The summed E-state index contributed by atoms with van der Waals surface area (Å²) in [6, 6.07) is 7.72. The first kappa shape index (κ1) is 15.5. The van der Waals surface area contributed by atoms with Crippen LogP contribution in [0.4, 0.5) is 4.39 Å². The SMILES string of the molecule is CC(C)NCC1CCC(C)(C)CC1c1cccc(F)c1. The van der Waals surface area contributed by atoms with Gasteiger partial charge in [-0.2, -0.15) is 0 Å². The van der Waals surface area contributed by atoms with Gasteiger partial charge < -0.3 is 5.32 Å². The van der Waals surface area contributed by atoms with Crippen molar-refractivity contribution < 1.29 is 4.39 Å². The molecule has 0 heterocycles. The van der Waals surface area contributed by atoms with Gasteiger partial charge in [0.1, 0.15) is 5.82 Å². The van der Waals surface area contributed by atoms with Gasteiger partial charge in [-0.3, -0.25) is 0 Å². The highest BCUT2D eigenvalue weighted by atomic mass is 19.1. The van der Waals surface area contributed by atoms with E-state index in [2.05, 4.69) is 39.1 Å². The standard InChI is InChI=1S/C18H28FN/c1-13(2)20-12-15-8-9-18(3,4)11-17(15)14-6-5-7-16(19)10-14/h5-7,10,13,15,17,20H,8-9,11-12H2,1-4H3. The van der Waals surface area contributed by atoms with Gasteiger partial charge >= 0.3 is 0 Å². The lowest BCUT2D eigenvalue weighted by atomic mass is 9.65. The third-order valence-corrected chi connectivity index (χ3v) is 4.60. The van der Waals surface area contributed by atoms with Crippen LogP contribution >= 0.6 is 0 Å². The first-order valence-corrected chi connectivity index (χ1v) is 7.86. The van der Waals surface area contributed by atoms with Gasteiger partial charge in [0.25, 0.3) is 0 Å². The molecule has 1 aliphatic rings. The molecular weight excluding hydrogens is 249 g/mol. The highest BCUT2D eigenvalue weighted by Gasteiger charge is 2.35. The zero-order valence-corrected chi connectivity index (χ0v) is 13.2. The van der Waals surface area contributed by atoms with Gasteiger partial charge in [0.2, 0.25) is 0 Å². The maximum atomic E-state index is 13.5. The number of halogens is 1. The summed E-state index contributed by atoms with van der Waals surface area (Å²) >= 11 is 0. The molecule has 0 saturated heterocycles. The molecule has 0 spiro atoms. The van der Waals surface area contributed by atoms with Crippen LogP contribution in [0, 0.1) is 17.2 Å². The molecule has 0 amide bonds. The number of hydrogen-bond donors (Lipinski definition) is 1. The van der Waals surface area contributed by atoms with Crippen molar-refractivity contribution in [3.8, 4) is 0 Å². The van der Waals surface area contributed by atoms with Crippen molar-refractivity contribution in [1.82, 2.24) is 5.32 Å². The lowest BCUT2D eigenvalue weighted by Crippen LogP contribution is -2.37. The van der Waals surface area contributed by atoms with Gasteiger partial charge in [0.15, 0.2) is 0 Å². The van der Waals surface area contributed by atoms with Crippen LogP contribution in [0.1, 0.15) is 58.4 Å². The molecular formula is C18H28FN. The fourth-order valence-electron chi connectivity index (χ4n) is 3.40. The lowest BCUT2D eigenvalue weighted by molar-refractivity contribution is 0.158. The van der Waals surface area contributed by atoms with E-state index in [9.17, 15) is 4.39 Å². The second kappa shape index (κ2) is 6.26. The number of hydrogen-bond acceptors (Lipinski definition) is 1. The number of rotatable bonds is 4. The Labute approximate surface area is 123 Å². The van der Waals surface area contributed by atoms with Crippen molar-refractivity contribution in [3.05, 3.63) is 35.6 Å². The van der Waals surface area contributed by atoms with E-state index in [0.717, 1.165) is 13.0 Å². The Hall–Kier alpha value is -0.890. The van der Waals surface area contributed by atoms with E-state index in [4.69, 9.17) is 0 Å². The molecule has 0 aromatic heterocycles. The summed E-state index contributed by atoms with van der Waals surface area (Å²) in [5.41, 5.74) is 1.54. The van der Waals surface area contributed by atoms with E-state index < -0.39 is 0 Å². The molecule has 20 heavy (non-hydrogen) atoms. The second-order valence-corrected chi connectivity index (χ2v) is 7.39. The minimum absolute atomic E-state index is 0.110. The third-order valence-electron chi connectivity index (χ3n) is 4.60. The zero-order valence-electron chi connectivity index (χ0n) is 13.2. The van der Waals surface area contributed by atoms with E-state index in [1.165, 1.54) is 18.4 Å². The third kappa shape index (κ3) is 4.05. The molecule has 1 aromatic rings. The van der Waals surface area contributed by atoms with Crippen LogP contribution in [0.3, 0.4) is 0 Å². The fourth-order valence-corrected chi connectivity index (χ4v) is 3.40. The molecule has 2 atom stereocenters. The van der Waals surface area contributed by atoms with Gasteiger partial charge in [-0.25, -0.2) is 4.39 Å². The van der Waals surface area contributed by atoms with Crippen molar-refractivity contribution in [2.75, 3.05) is 6.54 Å². The normalized spacial score (nSPS) is 25.9. The van der Waals surface area contributed by atoms with Crippen LogP contribution in [0.5, 0.6) is 0 Å². The predicted octanol–water partition coefficient (Wildman–Crippen LogP) is 4.73. The minimum atomic E-state index is -0.110. The quantitative estimate of drug-likeness (QED) is 0.838. The van der Waals surface area contributed by atoms with Gasteiger partial charge in [-0.05, 0) is 60.8 Å². The minimum Gasteiger partial charge on any atom is -0.314 e. The Kier molecular flexibility index (Phi) is 4.85. The molecule has 1 saturated carbocycles. The van der Waals surface area contributed by atoms with Gasteiger partial charge in [0.05, 0.1) is 0 Å². The van der Waals surface area contributed by atoms with E-state index in [1.807, 2.05) is 6.07 Å². The van der Waals surface area contributed by atoms with E-state index in [1.54, 1.807) is 12.1 Å². The van der Waals surface area contributed by atoms with E-state index in [0.29, 0.717) is 23.3 Å². The topological polar surface area (TPSA) is 12.0 Å². The number of benzene rings is 1. The highest BCUT2D eigenvalue weighted by Crippen LogP contribution is 2.46. The molecule has 1 aliphatic carbocycles. The summed E-state index contributed by atoms with van der Waals surface area (Å²) in [7, 11) is 0. The van der Waals surface area contributed by atoms with Gasteiger partial charge in [-0.1, -0.05) is 39.8 Å². The van der Waals surface area contributed by atoms with Crippen molar-refractivity contribution in [1.29, 1.82) is 0 Å². The second-order valence-electron chi connectivity index (χ2n) is 7.39. The largest absolute Gasteiger partial charge is 0.314 e.